The molecule has 1 radical (unpaired) electrons. The molecule has 0 fully saturated rings. The van der Waals surface area contributed by atoms with Crippen LogP contribution in [0.2, 0.25) is 4.71 Å². The first kappa shape index (κ1) is 27.3. The Kier molecular flexibility index (Phi) is 9.10. The molecular formula is C29H26AsN2O5S. The molecule has 0 unspecified atom stereocenters. The van der Waals surface area contributed by atoms with E-state index in [4.69, 9.17) is 0 Å². The number of rotatable bonds is 11. The molecule has 4 aromatic rings. The van der Waals surface area contributed by atoms with E-state index in [2.05, 4.69) is 5.32 Å². The summed E-state index contributed by atoms with van der Waals surface area (Å²) < 4.78 is 25.9. The number of nitrogens with zero attached hydrogens (tertiary/aromatic N) is 1. The van der Waals surface area contributed by atoms with Gasteiger partial charge in [0.25, 0.3) is 0 Å². The fraction of sp³-hybridized carbons (Fsp3) is 0.138. The van der Waals surface area contributed by atoms with Crippen LogP contribution in [0, 0.1) is 10.1 Å². The Balaban J connectivity index is 1.60. The van der Waals surface area contributed by atoms with Crippen molar-refractivity contribution in [2.45, 2.75) is 21.9 Å². The van der Waals surface area contributed by atoms with Gasteiger partial charge in [0, 0.05) is 0 Å². The normalized spacial score (nSPS) is 12.4. The van der Waals surface area contributed by atoms with E-state index in [0.29, 0.717) is 0 Å². The zero-order valence-electron chi connectivity index (χ0n) is 20.4. The number of nitro groups is 1. The zero-order chi connectivity index (χ0) is 27.0. The van der Waals surface area contributed by atoms with Gasteiger partial charge in [-0.3, -0.25) is 0 Å². The maximum absolute atomic E-state index is 13.6. The van der Waals surface area contributed by atoms with Crippen molar-refractivity contribution >= 4 is 34.3 Å². The molecule has 0 aliphatic rings. The Morgan fingerprint density at radius 2 is 1.29 bits per heavy atom. The molecule has 0 heterocycles. The van der Waals surface area contributed by atoms with Crippen LogP contribution >= 0.6 is 0 Å². The second-order valence-corrected chi connectivity index (χ2v) is 15.9. The van der Waals surface area contributed by atoms with E-state index in [0.717, 1.165) is 16.7 Å². The predicted octanol–water partition coefficient (Wildman–Crippen LogP) is 4.97. The SMILES string of the molecule is O=C(NCC(c1ccccc1)c1ccccc1)[C@@H](Cc1ccccc1)[As]S(=O)(=O)c1ccccc1[N+](=O)[O-]. The van der Waals surface area contributed by atoms with Crippen molar-refractivity contribution in [2.75, 3.05) is 6.54 Å². The molecule has 7 nitrogen and oxygen atoms in total. The van der Waals surface area contributed by atoms with Gasteiger partial charge < -0.3 is 0 Å². The van der Waals surface area contributed by atoms with Gasteiger partial charge in [0.1, 0.15) is 0 Å². The fourth-order valence-corrected chi connectivity index (χ4v) is 11.0. The molecule has 9 heteroatoms. The molecule has 4 rings (SSSR count). The summed E-state index contributed by atoms with van der Waals surface area (Å²) in [6, 6.07) is 34.1. The first-order valence-corrected chi connectivity index (χ1v) is 16.8. The molecule has 0 saturated heterocycles. The van der Waals surface area contributed by atoms with Crippen LogP contribution < -0.4 is 5.32 Å². The van der Waals surface area contributed by atoms with Gasteiger partial charge in [-0.2, -0.15) is 0 Å². The second kappa shape index (κ2) is 12.7. The number of nitrogens with one attached hydrogen (secondary N) is 1. The van der Waals surface area contributed by atoms with Crippen molar-refractivity contribution in [2.24, 2.45) is 0 Å². The number of para-hydroxylation sites is 1. The third-order valence-electron chi connectivity index (χ3n) is 6.06. The molecule has 0 aromatic heterocycles. The molecule has 4 aromatic carbocycles. The average molecular weight is 590 g/mol. The number of benzene rings is 4. The van der Waals surface area contributed by atoms with Crippen molar-refractivity contribution in [3.63, 3.8) is 0 Å². The summed E-state index contributed by atoms with van der Waals surface area (Å²) >= 11 is -1.67. The Morgan fingerprint density at radius 3 is 1.84 bits per heavy atom. The molecule has 1 N–H and O–H groups in total. The van der Waals surface area contributed by atoms with E-state index in [1.807, 2.05) is 91.0 Å². The quantitative estimate of drug-likeness (QED) is 0.151. The second-order valence-electron chi connectivity index (χ2n) is 8.63. The Labute approximate surface area is 227 Å². The van der Waals surface area contributed by atoms with E-state index in [-0.39, 0.29) is 29.7 Å². The standard InChI is InChI=1S/C29H26AsN2O5S/c33-29(31-21-25(23-14-6-2-7-15-23)24-16-8-3-9-17-24)26(20-22-12-4-1-5-13-22)30-38(36,37)28-19-11-10-18-27(28)32(34)35/h1-19,25-26H,20-21H2,(H,31,33)/t26-/m1/s1. The molecule has 0 bridgehead atoms. The molecule has 0 saturated carbocycles. The van der Waals surface area contributed by atoms with Crippen LogP contribution in [0.15, 0.2) is 120 Å². The molecule has 0 spiro atoms. The number of carbonyl (C=O) groups is 1. The Morgan fingerprint density at radius 1 is 0.789 bits per heavy atom. The summed E-state index contributed by atoms with van der Waals surface area (Å²) in [5.74, 6) is -0.505. The van der Waals surface area contributed by atoms with Crippen LogP contribution in [-0.2, 0) is 19.3 Å². The number of carbonyl (C=O) groups excluding carboxylic acids is 1. The van der Waals surface area contributed by atoms with Crippen molar-refractivity contribution in [1.82, 2.24) is 5.32 Å². The van der Waals surface area contributed by atoms with Crippen LogP contribution in [0.25, 0.3) is 0 Å². The Bertz CT molecular complexity index is 1440. The van der Waals surface area contributed by atoms with Crippen molar-refractivity contribution in [1.29, 1.82) is 0 Å². The molecule has 1 amide bonds. The van der Waals surface area contributed by atoms with Crippen molar-refractivity contribution in [3.8, 4) is 0 Å². The van der Waals surface area contributed by atoms with Crippen LogP contribution in [0.4, 0.5) is 5.69 Å². The summed E-state index contributed by atoms with van der Waals surface area (Å²) in [5.41, 5.74) is 2.40. The Hall–Kier alpha value is -3.74. The summed E-state index contributed by atoms with van der Waals surface area (Å²) in [4.78, 5) is 24.0. The van der Waals surface area contributed by atoms with E-state index in [9.17, 15) is 23.3 Å². The predicted molar refractivity (Wildman–Crippen MR) is 148 cm³/mol. The third-order valence-corrected chi connectivity index (χ3v) is 13.0. The van der Waals surface area contributed by atoms with Gasteiger partial charge >= 0.3 is 228 Å². The van der Waals surface area contributed by atoms with E-state index in [1.165, 1.54) is 24.3 Å². The number of hydrogen-bond donors (Lipinski definition) is 1. The number of hydrogen-bond acceptors (Lipinski definition) is 5. The van der Waals surface area contributed by atoms with Gasteiger partial charge in [-0.15, -0.1) is 0 Å². The zero-order valence-corrected chi connectivity index (χ0v) is 23.1. The summed E-state index contributed by atoms with van der Waals surface area (Å²) in [7, 11) is -4.05. The minimum atomic E-state index is -4.05. The summed E-state index contributed by atoms with van der Waals surface area (Å²) in [6.45, 7) is 0.283. The van der Waals surface area contributed by atoms with Gasteiger partial charge in [-0.25, -0.2) is 0 Å². The van der Waals surface area contributed by atoms with Gasteiger partial charge in [0.2, 0.25) is 0 Å². The number of amides is 1. The molecule has 193 valence electrons. The minimum absolute atomic E-state index is 0.123. The molecule has 38 heavy (non-hydrogen) atoms. The van der Waals surface area contributed by atoms with E-state index < -0.39 is 38.0 Å². The first-order chi connectivity index (χ1) is 18.3. The third kappa shape index (κ3) is 6.97. The fourth-order valence-electron chi connectivity index (χ4n) is 4.18. The van der Waals surface area contributed by atoms with Crippen LogP contribution in [-0.4, -0.2) is 40.4 Å². The van der Waals surface area contributed by atoms with Gasteiger partial charge in [0.05, 0.1) is 0 Å². The molecular weight excluding hydrogens is 563 g/mol. The van der Waals surface area contributed by atoms with Gasteiger partial charge in [-0.05, 0) is 0 Å². The van der Waals surface area contributed by atoms with Crippen molar-refractivity contribution < 1.29 is 18.1 Å². The topological polar surface area (TPSA) is 106 Å². The van der Waals surface area contributed by atoms with E-state index in [1.54, 1.807) is 0 Å². The first-order valence-electron chi connectivity index (χ1n) is 12.0. The summed E-state index contributed by atoms with van der Waals surface area (Å²) in [6.07, 6.45) is 0.216. The van der Waals surface area contributed by atoms with E-state index >= 15 is 0 Å². The van der Waals surface area contributed by atoms with Gasteiger partial charge in [-0.1, -0.05) is 0 Å². The molecule has 0 aliphatic heterocycles. The average Bonchev–Trinajstić information content (AvgIpc) is 2.94. The summed E-state index contributed by atoms with van der Waals surface area (Å²) in [5, 5.41) is 14.5. The van der Waals surface area contributed by atoms with Crippen LogP contribution in [0.3, 0.4) is 0 Å². The van der Waals surface area contributed by atoms with Gasteiger partial charge in [0.15, 0.2) is 0 Å². The van der Waals surface area contributed by atoms with Crippen molar-refractivity contribution in [3.05, 3.63) is 142 Å². The number of nitro benzene ring substituents is 1. The maximum atomic E-state index is 13.6. The molecule has 0 aliphatic carbocycles. The monoisotopic (exact) mass is 589 g/mol. The van der Waals surface area contributed by atoms with Crippen LogP contribution in [0.1, 0.15) is 22.6 Å². The molecule has 1 atom stereocenters. The van der Waals surface area contributed by atoms with Crippen LogP contribution in [0.5, 0.6) is 0 Å².